The van der Waals surface area contributed by atoms with E-state index in [4.69, 9.17) is 10.7 Å². The van der Waals surface area contributed by atoms with Crippen molar-refractivity contribution in [3.05, 3.63) is 0 Å². The van der Waals surface area contributed by atoms with E-state index in [1.165, 1.54) is 0 Å². The van der Waals surface area contributed by atoms with Crippen LogP contribution in [0.1, 0.15) is 65.2 Å². The first-order chi connectivity index (χ1) is 10.1. The van der Waals surface area contributed by atoms with E-state index < -0.39 is 5.54 Å². The number of aliphatic imine (C=N–C) groups is 1. The highest BCUT2D eigenvalue weighted by molar-refractivity contribution is 6.07. The van der Waals surface area contributed by atoms with Gasteiger partial charge >= 0.3 is 0 Å². The Hall–Kier alpha value is -1.10. The summed E-state index contributed by atoms with van der Waals surface area (Å²) >= 11 is 0. The molecule has 5 nitrogen and oxygen atoms in total. The third-order valence-corrected chi connectivity index (χ3v) is 4.85. The number of rotatable bonds is 7. The first-order valence-corrected chi connectivity index (χ1v) is 8.65. The fourth-order valence-electron chi connectivity index (χ4n) is 3.56. The van der Waals surface area contributed by atoms with Crippen molar-refractivity contribution in [2.45, 2.75) is 76.8 Å². The van der Waals surface area contributed by atoms with E-state index in [-0.39, 0.29) is 11.9 Å². The van der Waals surface area contributed by atoms with E-state index in [1.54, 1.807) is 0 Å². The fraction of sp³-hybridized carbons (Fsp3) is 0.875. The van der Waals surface area contributed by atoms with Crippen LogP contribution in [0, 0.1) is 0 Å². The number of guanidine groups is 1. The number of piperidine rings is 1. The lowest BCUT2D eigenvalue weighted by molar-refractivity contribution is -0.663. The summed E-state index contributed by atoms with van der Waals surface area (Å²) in [6, 6.07) is 0.261. The van der Waals surface area contributed by atoms with E-state index in [2.05, 4.69) is 19.2 Å². The summed E-state index contributed by atoms with van der Waals surface area (Å²) < 4.78 is 0. The van der Waals surface area contributed by atoms with Gasteiger partial charge in [0.25, 0.3) is 5.91 Å². The summed E-state index contributed by atoms with van der Waals surface area (Å²) in [7, 11) is 0. The van der Waals surface area contributed by atoms with Crippen LogP contribution in [-0.2, 0) is 4.79 Å². The highest BCUT2D eigenvalue weighted by Crippen LogP contribution is 2.34. The molecule has 2 heterocycles. The van der Waals surface area contributed by atoms with Gasteiger partial charge in [-0.05, 0) is 12.8 Å². The van der Waals surface area contributed by atoms with Gasteiger partial charge in [0.2, 0.25) is 0 Å². The molecule has 2 rings (SSSR count). The van der Waals surface area contributed by atoms with Crippen LogP contribution in [-0.4, -0.2) is 41.4 Å². The molecule has 1 amide bonds. The largest absolute Gasteiger partial charge is 0.369 e. The maximum absolute atomic E-state index is 13.1. The van der Waals surface area contributed by atoms with E-state index in [0.717, 1.165) is 64.5 Å². The van der Waals surface area contributed by atoms with Crippen LogP contribution in [0.3, 0.4) is 0 Å². The van der Waals surface area contributed by atoms with Crippen LogP contribution in [0.2, 0.25) is 0 Å². The van der Waals surface area contributed by atoms with Crippen molar-refractivity contribution >= 4 is 11.9 Å². The number of hydrogen-bond acceptors (Lipinski definition) is 3. The monoisotopic (exact) mass is 295 g/mol. The Morgan fingerprint density at radius 1 is 1.24 bits per heavy atom. The van der Waals surface area contributed by atoms with Crippen molar-refractivity contribution < 1.29 is 10.1 Å². The number of nitrogens with two attached hydrogens (primary N) is 2. The standard InChI is InChI=1S/C16H30N4O/c1-3-5-9-16(10-6-4-2)14(21)20(15(17)19-16)13-7-11-18-12-8-13/h13,18H,3-12H2,1-2H3,(H2,17,19)/p+1. The molecular formula is C16H31N4O+. The molecule has 120 valence electrons. The molecule has 2 aliphatic rings. The molecule has 4 N–H and O–H groups in total. The van der Waals surface area contributed by atoms with E-state index in [9.17, 15) is 4.79 Å². The Morgan fingerprint density at radius 3 is 2.33 bits per heavy atom. The second-order valence-corrected chi connectivity index (χ2v) is 6.48. The minimum absolute atomic E-state index is 0.175. The summed E-state index contributed by atoms with van der Waals surface area (Å²) in [4.78, 5) is 19.6. The zero-order chi connectivity index (χ0) is 15.3. The number of unbranched alkanes of at least 4 members (excludes halogenated alkanes) is 2. The molecule has 2 aliphatic heterocycles. The molecule has 0 atom stereocenters. The normalized spacial score (nSPS) is 22.7. The van der Waals surface area contributed by atoms with E-state index >= 15 is 0 Å². The number of quaternary nitrogens is 1. The maximum atomic E-state index is 13.1. The summed E-state index contributed by atoms with van der Waals surface area (Å²) in [5, 5.41) is 2.31. The summed E-state index contributed by atoms with van der Waals surface area (Å²) in [5.41, 5.74) is 5.61. The van der Waals surface area contributed by atoms with Gasteiger partial charge in [0.05, 0.1) is 19.1 Å². The Bertz CT molecular complexity index is 380. The van der Waals surface area contributed by atoms with Crippen LogP contribution in [0.15, 0.2) is 4.99 Å². The predicted octanol–water partition coefficient (Wildman–Crippen LogP) is 0.988. The molecular weight excluding hydrogens is 264 g/mol. The number of carbonyl (C=O) groups is 1. The minimum atomic E-state index is -0.558. The van der Waals surface area contributed by atoms with Gasteiger partial charge in [-0.25, -0.2) is 4.99 Å². The van der Waals surface area contributed by atoms with Crippen LogP contribution in [0.4, 0.5) is 0 Å². The lowest BCUT2D eigenvalue weighted by Crippen LogP contribution is -2.87. The summed E-state index contributed by atoms with van der Waals surface area (Å²) in [6.07, 6.45) is 8.01. The quantitative estimate of drug-likeness (QED) is 0.735. The molecule has 0 aromatic heterocycles. The van der Waals surface area contributed by atoms with Gasteiger partial charge in [-0.3, -0.25) is 9.69 Å². The average molecular weight is 295 g/mol. The van der Waals surface area contributed by atoms with Crippen molar-refractivity contribution in [1.29, 1.82) is 0 Å². The molecule has 0 bridgehead atoms. The molecule has 0 aromatic rings. The van der Waals surface area contributed by atoms with Gasteiger partial charge in [-0.2, -0.15) is 0 Å². The summed E-state index contributed by atoms with van der Waals surface area (Å²) in [5.74, 6) is 0.646. The Labute approximate surface area is 128 Å². The Kier molecular flexibility index (Phi) is 5.62. The van der Waals surface area contributed by atoms with Gasteiger partial charge in [0.1, 0.15) is 5.54 Å². The molecule has 0 spiro atoms. The van der Waals surface area contributed by atoms with Crippen molar-refractivity contribution in [1.82, 2.24) is 4.90 Å². The van der Waals surface area contributed by atoms with Gasteiger partial charge in [0, 0.05) is 12.8 Å². The van der Waals surface area contributed by atoms with Crippen molar-refractivity contribution in [3.8, 4) is 0 Å². The van der Waals surface area contributed by atoms with Gasteiger partial charge in [-0.15, -0.1) is 0 Å². The molecule has 0 aromatic carbocycles. The molecule has 1 saturated heterocycles. The highest BCUT2D eigenvalue weighted by Gasteiger charge is 2.48. The van der Waals surface area contributed by atoms with Gasteiger partial charge in [-0.1, -0.05) is 39.5 Å². The minimum Gasteiger partial charge on any atom is -0.369 e. The number of nitrogens with zero attached hydrogens (tertiary/aromatic N) is 2. The Morgan fingerprint density at radius 2 is 1.81 bits per heavy atom. The third kappa shape index (κ3) is 3.39. The number of amides is 1. The second kappa shape index (κ2) is 7.25. The molecule has 21 heavy (non-hydrogen) atoms. The molecule has 0 aliphatic carbocycles. The highest BCUT2D eigenvalue weighted by atomic mass is 16.2. The first-order valence-electron chi connectivity index (χ1n) is 8.65. The topological polar surface area (TPSA) is 75.3 Å². The smallest absolute Gasteiger partial charge is 0.257 e. The van der Waals surface area contributed by atoms with Crippen molar-refractivity contribution in [2.75, 3.05) is 13.1 Å². The zero-order valence-electron chi connectivity index (χ0n) is 13.6. The second-order valence-electron chi connectivity index (χ2n) is 6.48. The predicted molar refractivity (Wildman–Crippen MR) is 84.9 cm³/mol. The number of hydrogen-bond donors (Lipinski definition) is 2. The average Bonchev–Trinajstić information content (AvgIpc) is 2.75. The summed E-state index contributed by atoms with van der Waals surface area (Å²) in [6.45, 7) is 6.49. The zero-order valence-corrected chi connectivity index (χ0v) is 13.6. The maximum Gasteiger partial charge on any atom is 0.257 e. The van der Waals surface area contributed by atoms with Crippen LogP contribution < -0.4 is 11.1 Å². The SMILES string of the molecule is CCCCC1(CCCC)N=C(N)N(C2CC[NH2+]CC2)C1=O. The lowest BCUT2D eigenvalue weighted by atomic mass is 9.86. The molecule has 0 saturated carbocycles. The molecule has 1 fully saturated rings. The van der Waals surface area contributed by atoms with Crippen LogP contribution in [0.5, 0.6) is 0 Å². The number of carbonyl (C=O) groups excluding carboxylic acids is 1. The van der Waals surface area contributed by atoms with E-state index in [1.807, 2.05) is 4.90 Å². The first kappa shape index (κ1) is 16.3. The fourth-order valence-corrected chi connectivity index (χ4v) is 3.56. The molecule has 0 radical (unpaired) electrons. The van der Waals surface area contributed by atoms with Crippen LogP contribution in [0.25, 0.3) is 0 Å². The Balaban J connectivity index is 2.16. The van der Waals surface area contributed by atoms with E-state index in [0.29, 0.717) is 5.96 Å². The van der Waals surface area contributed by atoms with Crippen molar-refractivity contribution in [3.63, 3.8) is 0 Å². The molecule has 5 heteroatoms. The third-order valence-electron chi connectivity index (χ3n) is 4.85. The van der Waals surface area contributed by atoms with Crippen LogP contribution >= 0.6 is 0 Å². The molecule has 0 unspecified atom stereocenters. The lowest BCUT2D eigenvalue weighted by Gasteiger charge is -2.32. The van der Waals surface area contributed by atoms with Gasteiger partial charge < -0.3 is 11.1 Å². The van der Waals surface area contributed by atoms with Crippen molar-refractivity contribution in [2.24, 2.45) is 10.7 Å². The van der Waals surface area contributed by atoms with Gasteiger partial charge in [0.15, 0.2) is 5.96 Å².